The molecule has 0 N–H and O–H groups in total. The molecule has 174 valence electrons. The minimum Gasteiger partial charge on any atom is -0.497 e. The Morgan fingerprint density at radius 1 is 0.765 bits per heavy atom. The highest BCUT2D eigenvalue weighted by molar-refractivity contribution is 6.36. The van der Waals surface area contributed by atoms with Crippen LogP contribution in [0.15, 0.2) is 84.6 Å². The third kappa shape index (κ3) is 4.66. The van der Waals surface area contributed by atoms with Gasteiger partial charge in [0.05, 0.1) is 19.8 Å². The van der Waals surface area contributed by atoms with Gasteiger partial charge in [0.1, 0.15) is 17.2 Å². The number of amides is 2. The first-order valence-electron chi connectivity index (χ1n) is 11.1. The number of benzene rings is 3. The number of carbonyl (C=O) groups is 2. The average Bonchev–Trinajstić information content (AvgIpc) is 3.12. The van der Waals surface area contributed by atoms with Gasteiger partial charge >= 0.3 is 0 Å². The number of rotatable bonds is 9. The van der Waals surface area contributed by atoms with Crippen molar-refractivity contribution in [3.8, 4) is 11.5 Å². The number of likely N-dealkylation sites (N-methyl/N-ethyl adjacent to an activating group) is 1. The number of hydrogen-bond donors (Lipinski definition) is 0. The van der Waals surface area contributed by atoms with Gasteiger partial charge in [-0.2, -0.15) is 0 Å². The first-order valence-corrected chi connectivity index (χ1v) is 11.1. The van der Waals surface area contributed by atoms with E-state index in [9.17, 15) is 9.59 Å². The molecule has 2 amide bonds. The minimum atomic E-state index is -0.307. The van der Waals surface area contributed by atoms with Gasteiger partial charge < -0.3 is 14.4 Å². The summed E-state index contributed by atoms with van der Waals surface area (Å²) in [4.78, 5) is 30.4. The van der Waals surface area contributed by atoms with Crippen LogP contribution in [0.3, 0.4) is 0 Å². The molecule has 6 nitrogen and oxygen atoms in total. The molecule has 0 unspecified atom stereocenters. The van der Waals surface area contributed by atoms with E-state index in [1.165, 1.54) is 4.90 Å². The third-order valence-corrected chi connectivity index (χ3v) is 5.95. The van der Waals surface area contributed by atoms with Gasteiger partial charge in [-0.1, -0.05) is 60.7 Å². The zero-order chi connectivity index (χ0) is 24.1. The number of hydrogen-bond acceptors (Lipinski definition) is 5. The SMILES string of the molecule is COc1ccc(CCN2C(=O)C(c3ccccc3OC)=C(N(C)Cc3ccccc3)C2=O)cc1. The van der Waals surface area contributed by atoms with Crippen LogP contribution >= 0.6 is 0 Å². The number of nitrogens with zero attached hydrogens (tertiary/aromatic N) is 2. The highest BCUT2D eigenvalue weighted by Gasteiger charge is 2.41. The lowest BCUT2D eigenvalue weighted by Gasteiger charge is -2.22. The molecule has 0 saturated carbocycles. The predicted octanol–water partition coefficient (Wildman–Crippen LogP) is 4.16. The molecule has 0 aliphatic carbocycles. The molecule has 0 atom stereocenters. The first kappa shape index (κ1) is 23.1. The molecule has 3 aromatic rings. The maximum absolute atomic E-state index is 13.6. The molecule has 4 rings (SSSR count). The van der Waals surface area contributed by atoms with E-state index in [1.54, 1.807) is 20.3 Å². The average molecular weight is 457 g/mol. The van der Waals surface area contributed by atoms with E-state index in [1.807, 2.05) is 84.7 Å². The summed E-state index contributed by atoms with van der Waals surface area (Å²) >= 11 is 0. The second kappa shape index (κ2) is 10.3. The van der Waals surface area contributed by atoms with Gasteiger partial charge in [-0.15, -0.1) is 0 Å². The predicted molar refractivity (Wildman–Crippen MR) is 131 cm³/mol. The maximum Gasteiger partial charge on any atom is 0.277 e. The highest BCUT2D eigenvalue weighted by atomic mass is 16.5. The quantitative estimate of drug-likeness (QED) is 0.453. The monoisotopic (exact) mass is 456 g/mol. The van der Waals surface area contributed by atoms with E-state index in [4.69, 9.17) is 9.47 Å². The van der Waals surface area contributed by atoms with E-state index in [2.05, 4.69) is 0 Å². The van der Waals surface area contributed by atoms with Crippen LogP contribution in [-0.2, 0) is 22.6 Å². The summed E-state index contributed by atoms with van der Waals surface area (Å²) in [5, 5.41) is 0. The number of para-hydroxylation sites is 1. The van der Waals surface area contributed by atoms with Crippen molar-refractivity contribution in [2.45, 2.75) is 13.0 Å². The largest absolute Gasteiger partial charge is 0.497 e. The Bertz CT molecular complexity index is 1200. The van der Waals surface area contributed by atoms with Gasteiger partial charge in [-0.3, -0.25) is 14.5 Å². The molecule has 34 heavy (non-hydrogen) atoms. The molecule has 0 radical (unpaired) electrons. The Morgan fingerprint density at radius 3 is 2.12 bits per heavy atom. The van der Waals surface area contributed by atoms with Crippen molar-refractivity contribution in [1.29, 1.82) is 0 Å². The molecule has 0 bridgehead atoms. The van der Waals surface area contributed by atoms with Gasteiger partial charge in [-0.05, 0) is 35.7 Å². The van der Waals surface area contributed by atoms with Crippen LogP contribution in [0.2, 0.25) is 0 Å². The van der Waals surface area contributed by atoms with Crippen LogP contribution in [0.5, 0.6) is 11.5 Å². The van der Waals surface area contributed by atoms with Gasteiger partial charge in [0.2, 0.25) is 0 Å². The molecular weight excluding hydrogens is 428 g/mol. The summed E-state index contributed by atoms with van der Waals surface area (Å²) in [6, 6.07) is 24.8. The van der Waals surface area contributed by atoms with Gasteiger partial charge in [-0.25, -0.2) is 0 Å². The topological polar surface area (TPSA) is 59.1 Å². The van der Waals surface area contributed by atoms with Crippen molar-refractivity contribution in [1.82, 2.24) is 9.80 Å². The van der Waals surface area contributed by atoms with Crippen LogP contribution in [0.25, 0.3) is 5.57 Å². The third-order valence-electron chi connectivity index (χ3n) is 5.95. The van der Waals surface area contributed by atoms with E-state index in [-0.39, 0.29) is 18.4 Å². The summed E-state index contributed by atoms with van der Waals surface area (Å²) < 4.78 is 10.7. The summed E-state index contributed by atoms with van der Waals surface area (Å²) in [5.74, 6) is 0.721. The fraction of sp³-hybridized carbons (Fsp3) is 0.214. The Morgan fingerprint density at radius 2 is 1.44 bits per heavy atom. The number of carbonyl (C=O) groups excluding carboxylic acids is 2. The Hall–Kier alpha value is -4.06. The lowest BCUT2D eigenvalue weighted by molar-refractivity contribution is -0.137. The van der Waals surface area contributed by atoms with Crippen molar-refractivity contribution in [2.24, 2.45) is 0 Å². The molecule has 0 fully saturated rings. The second-order valence-electron chi connectivity index (χ2n) is 8.13. The van der Waals surface area contributed by atoms with Crippen molar-refractivity contribution >= 4 is 17.4 Å². The zero-order valence-corrected chi connectivity index (χ0v) is 19.7. The van der Waals surface area contributed by atoms with Crippen molar-refractivity contribution in [2.75, 3.05) is 27.8 Å². The molecule has 0 aromatic heterocycles. The molecule has 0 spiro atoms. The molecule has 3 aromatic carbocycles. The fourth-order valence-electron chi connectivity index (χ4n) is 4.18. The van der Waals surface area contributed by atoms with Crippen molar-refractivity contribution in [3.63, 3.8) is 0 Å². The second-order valence-corrected chi connectivity index (χ2v) is 8.13. The first-order chi connectivity index (χ1) is 16.5. The van der Waals surface area contributed by atoms with Crippen molar-refractivity contribution < 1.29 is 19.1 Å². The van der Waals surface area contributed by atoms with E-state index < -0.39 is 0 Å². The van der Waals surface area contributed by atoms with E-state index >= 15 is 0 Å². The molecule has 1 heterocycles. The lowest BCUT2D eigenvalue weighted by atomic mass is 10.0. The highest BCUT2D eigenvalue weighted by Crippen LogP contribution is 2.36. The Labute approximate surface area is 200 Å². The fourth-order valence-corrected chi connectivity index (χ4v) is 4.18. The van der Waals surface area contributed by atoms with Gasteiger partial charge in [0, 0.05) is 25.7 Å². The van der Waals surface area contributed by atoms with Crippen LogP contribution < -0.4 is 9.47 Å². The molecule has 1 aliphatic heterocycles. The number of imide groups is 1. The van der Waals surface area contributed by atoms with Crippen LogP contribution in [-0.4, -0.2) is 49.4 Å². The lowest BCUT2D eigenvalue weighted by Crippen LogP contribution is -2.35. The zero-order valence-electron chi connectivity index (χ0n) is 19.7. The van der Waals surface area contributed by atoms with Gasteiger partial charge in [0.25, 0.3) is 11.8 Å². The Kier molecular flexibility index (Phi) is 6.97. The van der Waals surface area contributed by atoms with Crippen LogP contribution in [0.4, 0.5) is 0 Å². The summed E-state index contributed by atoms with van der Waals surface area (Å²) in [5.41, 5.74) is 3.44. The summed E-state index contributed by atoms with van der Waals surface area (Å²) in [7, 11) is 5.03. The molecule has 1 aliphatic rings. The summed E-state index contributed by atoms with van der Waals surface area (Å²) in [6.07, 6.45) is 0.552. The van der Waals surface area contributed by atoms with Crippen molar-refractivity contribution in [3.05, 3.63) is 101 Å². The molecule has 0 saturated heterocycles. The smallest absolute Gasteiger partial charge is 0.277 e. The molecular formula is C28H28N2O4. The van der Waals surface area contributed by atoms with Crippen LogP contribution in [0, 0.1) is 0 Å². The van der Waals surface area contributed by atoms with E-state index in [0.29, 0.717) is 35.5 Å². The minimum absolute atomic E-state index is 0.283. The Balaban J connectivity index is 1.66. The standard InChI is InChI=1S/C28H28N2O4/c1-29(19-21-9-5-4-6-10-21)26-25(23-11-7-8-12-24(23)34-3)27(31)30(28(26)32)18-17-20-13-15-22(33-2)16-14-20/h4-16H,17-19H2,1-3H3. The number of ether oxygens (including phenoxy) is 2. The number of methoxy groups -OCH3 is 2. The van der Waals surface area contributed by atoms with Gasteiger partial charge in [0.15, 0.2) is 0 Å². The molecule has 6 heteroatoms. The normalized spacial score (nSPS) is 13.4. The van der Waals surface area contributed by atoms with E-state index in [0.717, 1.165) is 16.9 Å². The summed E-state index contributed by atoms with van der Waals surface area (Å²) in [6.45, 7) is 0.783. The van der Waals surface area contributed by atoms with Crippen LogP contribution in [0.1, 0.15) is 16.7 Å². The maximum atomic E-state index is 13.6.